The second kappa shape index (κ2) is 8.26. The number of sulfonamides is 1. The molecule has 0 spiro atoms. The fourth-order valence-corrected chi connectivity index (χ4v) is 4.86. The molecule has 2 aromatic carbocycles. The summed E-state index contributed by atoms with van der Waals surface area (Å²) >= 11 is 1.30. The number of rotatable bonds is 7. The Balaban J connectivity index is 1.80. The first-order valence-corrected chi connectivity index (χ1v) is 10.9. The van der Waals surface area contributed by atoms with Gasteiger partial charge in [-0.25, -0.2) is 13.4 Å². The molecule has 1 aromatic heterocycles. The lowest BCUT2D eigenvalue weighted by Crippen LogP contribution is -2.46. The monoisotopic (exact) mass is 419 g/mol. The molecule has 0 fully saturated rings. The van der Waals surface area contributed by atoms with Crippen molar-refractivity contribution in [3.63, 3.8) is 0 Å². The largest absolute Gasteiger partial charge is 0.497 e. The van der Waals surface area contributed by atoms with Crippen LogP contribution >= 0.6 is 11.3 Å². The van der Waals surface area contributed by atoms with Gasteiger partial charge in [0.1, 0.15) is 11.8 Å². The summed E-state index contributed by atoms with van der Waals surface area (Å²) in [6.07, 6.45) is 0. The van der Waals surface area contributed by atoms with E-state index in [1.807, 2.05) is 6.07 Å². The van der Waals surface area contributed by atoms with E-state index in [2.05, 4.69) is 15.0 Å². The van der Waals surface area contributed by atoms with Gasteiger partial charge in [0.25, 0.3) is 0 Å². The number of methoxy groups -OCH3 is 1. The van der Waals surface area contributed by atoms with Crippen molar-refractivity contribution in [2.45, 2.75) is 24.8 Å². The molecule has 0 radical (unpaired) electrons. The lowest BCUT2D eigenvalue weighted by atomic mass is 10.1. The number of nitrogens with one attached hydrogen (secondary N) is 2. The smallest absolute Gasteiger partial charge is 0.244 e. The zero-order valence-corrected chi connectivity index (χ0v) is 17.3. The molecule has 7 nitrogen and oxygen atoms in total. The molecule has 9 heteroatoms. The number of hydrogen-bond acceptors (Lipinski definition) is 6. The predicted molar refractivity (Wildman–Crippen MR) is 110 cm³/mol. The van der Waals surface area contributed by atoms with Crippen molar-refractivity contribution >= 4 is 42.6 Å². The Labute approximate surface area is 167 Å². The number of carbonyl (C=O) groups excluding carboxylic acids is 1. The van der Waals surface area contributed by atoms with Crippen LogP contribution in [0.25, 0.3) is 10.2 Å². The van der Waals surface area contributed by atoms with Gasteiger partial charge in [0.05, 0.1) is 22.2 Å². The minimum atomic E-state index is -3.82. The van der Waals surface area contributed by atoms with Crippen molar-refractivity contribution in [1.82, 2.24) is 9.71 Å². The van der Waals surface area contributed by atoms with Gasteiger partial charge in [0, 0.05) is 0 Å². The summed E-state index contributed by atoms with van der Waals surface area (Å²) in [6, 6.07) is 12.5. The number of nitrogens with zero attached hydrogens (tertiary/aromatic N) is 1. The molecule has 0 aliphatic carbocycles. The van der Waals surface area contributed by atoms with Crippen LogP contribution < -0.4 is 14.8 Å². The first-order chi connectivity index (χ1) is 13.3. The van der Waals surface area contributed by atoms with Crippen molar-refractivity contribution in [2.75, 3.05) is 12.4 Å². The molecule has 3 aromatic rings. The quantitative estimate of drug-likeness (QED) is 0.613. The maximum absolute atomic E-state index is 12.8. The number of hydrogen-bond donors (Lipinski definition) is 2. The second-order valence-corrected chi connectivity index (χ2v) is 9.24. The standard InChI is InChI=1S/C19H21N3O4S2/c1-12(2)17(22-28(24,25)14-7-5-4-6-8-14)18(23)21-19-20-15-10-9-13(26-3)11-16(15)27-19/h4-12,17,22H,1-3H3,(H,20,21,23)/t17-/m0/s1. The summed E-state index contributed by atoms with van der Waals surface area (Å²) in [5.41, 5.74) is 0.729. The number of amides is 1. The van der Waals surface area contributed by atoms with Crippen molar-refractivity contribution in [2.24, 2.45) is 5.92 Å². The normalized spacial score (nSPS) is 12.9. The van der Waals surface area contributed by atoms with E-state index in [0.717, 1.165) is 10.2 Å². The first-order valence-electron chi connectivity index (χ1n) is 8.63. The minimum Gasteiger partial charge on any atom is -0.497 e. The van der Waals surface area contributed by atoms with Crippen LogP contribution in [0.2, 0.25) is 0 Å². The number of carbonyl (C=O) groups is 1. The summed E-state index contributed by atoms with van der Waals surface area (Å²) in [4.78, 5) is 17.3. The molecular formula is C19H21N3O4S2. The Bertz CT molecular complexity index is 1080. The van der Waals surface area contributed by atoms with Gasteiger partial charge in [0.2, 0.25) is 15.9 Å². The van der Waals surface area contributed by atoms with Gasteiger partial charge >= 0.3 is 0 Å². The summed E-state index contributed by atoms with van der Waals surface area (Å²) in [6.45, 7) is 3.56. The zero-order chi connectivity index (χ0) is 20.3. The molecule has 2 N–H and O–H groups in total. The number of fused-ring (bicyclic) bond motifs is 1. The molecule has 1 heterocycles. The summed E-state index contributed by atoms with van der Waals surface area (Å²) in [5, 5.41) is 3.13. The average Bonchev–Trinajstić information content (AvgIpc) is 3.07. The molecule has 3 rings (SSSR count). The fraction of sp³-hybridized carbons (Fsp3) is 0.263. The molecule has 0 saturated heterocycles. The summed E-state index contributed by atoms with van der Waals surface area (Å²) in [7, 11) is -2.24. The summed E-state index contributed by atoms with van der Waals surface area (Å²) in [5.74, 6) is -0.0156. The third-order valence-electron chi connectivity index (χ3n) is 4.11. The van der Waals surface area contributed by atoms with Crippen LogP contribution in [-0.2, 0) is 14.8 Å². The van der Waals surface area contributed by atoms with Crippen molar-refractivity contribution in [1.29, 1.82) is 0 Å². The van der Waals surface area contributed by atoms with E-state index in [9.17, 15) is 13.2 Å². The molecule has 0 aliphatic heterocycles. The third-order valence-corrected chi connectivity index (χ3v) is 6.50. The SMILES string of the molecule is COc1ccc2nc(NC(=O)[C@@H](NS(=O)(=O)c3ccccc3)C(C)C)sc2c1. The first kappa shape index (κ1) is 20.2. The van der Waals surface area contributed by atoms with Gasteiger partial charge in [-0.15, -0.1) is 0 Å². The molecule has 1 amide bonds. The van der Waals surface area contributed by atoms with Crippen molar-refractivity contribution in [3.8, 4) is 5.75 Å². The highest BCUT2D eigenvalue weighted by Gasteiger charge is 2.29. The molecule has 148 valence electrons. The van der Waals surface area contributed by atoms with Crippen molar-refractivity contribution < 1.29 is 17.9 Å². The molecular weight excluding hydrogens is 398 g/mol. The third kappa shape index (κ3) is 4.49. The van der Waals surface area contributed by atoms with Crippen LogP contribution in [0.5, 0.6) is 5.75 Å². The van der Waals surface area contributed by atoms with Crippen LogP contribution in [0.3, 0.4) is 0 Å². The second-order valence-electron chi connectivity index (χ2n) is 6.50. The topological polar surface area (TPSA) is 97.4 Å². The molecule has 0 saturated carbocycles. The van der Waals surface area contributed by atoms with Gasteiger partial charge in [-0.2, -0.15) is 4.72 Å². The number of benzene rings is 2. The Kier molecular flexibility index (Phi) is 5.97. The van der Waals surface area contributed by atoms with Crippen LogP contribution in [0, 0.1) is 5.92 Å². The fourth-order valence-electron chi connectivity index (χ4n) is 2.60. The van der Waals surface area contributed by atoms with E-state index < -0.39 is 22.0 Å². The Morgan fingerprint density at radius 2 is 1.86 bits per heavy atom. The van der Waals surface area contributed by atoms with Crippen LogP contribution in [0.1, 0.15) is 13.8 Å². The van der Waals surface area contributed by atoms with Gasteiger partial charge in [-0.3, -0.25) is 4.79 Å². The number of anilines is 1. The van der Waals surface area contributed by atoms with Gasteiger partial charge in [0.15, 0.2) is 5.13 Å². The highest BCUT2D eigenvalue weighted by atomic mass is 32.2. The van der Waals surface area contributed by atoms with E-state index in [1.165, 1.54) is 23.5 Å². The highest BCUT2D eigenvalue weighted by Crippen LogP contribution is 2.29. The van der Waals surface area contributed by atoms with Gasteiger partial charge in [-0.05, 0) is 36.2 Å². The maximum Gasteiger partial charge on any atom is 0.244 e. The molecule has 0 aliphatic rings. The van der Waals surface area contributed by atoms with Crippen molar-refractivity contribution in [3.05, 3.63) is 48.5 Å². The Morgan fingerprint density at radius 3 is 2.50 bits per heavy atom. The minimum absolute atomic E-state index is 0.112. The lowest BCUT2D eigenvalue weighted by Gasteiger charge is -2.21. The molecule has 28 heavy (non-hydrogen) atoms. The van der Waals surface area contributed by atoms with Gasteiger partial charge < -0.3 is 10.1 Å². The molecule has 1 atom stereocenters. The van der Waals surface area contributed by atoms with Crippen LogP contribution in [0.15, 0.2) is 53.4 Å². The summed E-state index contributed by atoms with van der Waals surface area (Å²) < 4.78 is 33.7. The zero-order valence-electron chi connectivity index (χ0n) is 15.7. The number of ether oxygens (including phenoxy) is 1. The highest BCUT2D eigenvalue weighted by molar-refractivity contribution is 7.89. The molecule has 0 unspecified atom stereocenters. The van der Waals surface area contributed by atoms with Crippen LogP contribution in [0.4, 0.5) is 5.13 Å². The Morgan fingerprint density at radius 1 is 1.14 bits per heavy atom. The van der Waals surface area contributed by atoms with E-state index in [0.29, 0.717) is 10.9 Å². The Hall–Kier alpha value is -2.49. The van der Waals surface area contributed by atoms with Crippen LogP contribution in [-0.4, -0.2) is 32.5 Å². The average molecular weight is 420 g/mol. The van der Waals surface area contributed by atoms with E-state index in [1.54, 1.807) is 51.3 Å². The number of thiazole rings is 1. The molecule has 0 bridgehead atoms. The van der Waals surface area contributed by atoms with E-state index in [-0.39, 0.29) is 10.8 Å². The van der Waals surface area contributed by atoms with Gasteiger partial charge in [-0.1, -0.05) is 43.4 Å². The maximum atomic E-state index is 12.8. The predicted octanol–water partition coefficient (Wildman–Crippen LogP) is 3.25. The number of aromatic nitrogens is 1. The van der Waals surface area contributed by atoms with E-state index in [4.69, 9.17) is 4.74 Å². The lowest BCUT2D eigenvalue weighted by molar-refractivity contribution is -0.118. The van der Waals surface area contributed by atoms with E-state index >= 15 is 0 Å².